The Morgan fingerprint density at radius 1 is 1.38 bits per heavy atom. The highest BCUT2D eigenvalue weighted by molar-refractivity contribution is 5.83. The lowest BCUT2D eigenvalue weighted by Crippen LogP contribution is -2.49. The third-order valence-electron chi connectivity index (χ3n) is 3.80. The zero-order chi connectivity index (χ0) is 15.1. The third kappa shape index (κ3) is 3.92. The summed E-state index contributed by atoms with van der Waals surface area (Å²) < 4.78 is 23.9. The van der Waals surface area contributed by atoms with E-state index in [0.29, 0.717) is 39.1 Å². The molecule has 0 atom stereocenters. The van der Waals surface area contributed by atoms with Crippen LogP contribution in [0.15, 0.2) is 24.3 Å². The normalized spacial score (nSPS) is 17.2. The van der Waals surface area contributed by atoms with Crippen molar-refractivity contribution in [2.24, 2.45) is 11.1 Å². The van der Waals surface area contributed by atoms with Gasteiger partial charge in [0.25, 0.3) is 0 Å². The van der Waals surface area contributed by atoms with Gasteiger partial charge < -0.3 is 20.5 Å². The number of amides is 1. The Morgan fingerprint density at radius 3 is 2.76 bits per heavy atom. The van der Waals surface area contributed by atoms with Gasteiger partial charge in [-0.2, -0.15) is 0 Å². The number of para-hydroxylation sites is 1. The summed E-state index contributed by atoms with van der Waals surface area (Å²) in [6, 6.07) is 6.18. The van der Waals surface area contributed by atoms with Crippen LogP contribution in [-0.4, -0.2) is 38.8 Å². The maximum absolute atomic E-state index is 13.3. The molecular formula is C15H21FN2O3. The average Bonchev–Trinajstić information content (AvgIpc) is 2.53. The molecule has 0 aromatic heterocycles. The molecule has 0 unspecified atom stereocenters. The molecule has 116 valence electrons. The molecule has 6 heteroatoms. The Labute approximate surface area is 123 Å². The highest BCUT2D eigenvalue weighted by atomic mass is 19.1. The van der Waals surface area contributed by atoms with E-state index >= 15 is 0 Å². The van der Waals surface area contributed by atoms with Crippen molar-refractivity contribution in [3.05, 3.63) is 30.1 Å². The number of nitrogens with two attached hydrogens (primary N) is 1. The van der Waals surface area contributed by atoms with Gasteiger partial charge in [-0.1, -0.05) is 12.1 Å². The van der Waals surface area contributed by atoms with Gasteiger partial charge in [-0.3, -0.25) is 4.79 Å². The average molecular weight is 296 g/mol. The lowest BCUT2D eigenvalue weighted by molar-refractivity contribution is -0.136. The van der Waals surface area contributed by atoms with Crippen molar-refractivity contribution in [2.45, 2.75) is 12.8 Å². The van der Waals surface area contributed by atoms with Crippen LogP contribution in [0.25, 0.3) is 0 Å². The van der Waals surface area contributed by atoms with Crippen molar-refractivity contribution in [1.82, 2.24) is 5.32 Å². The minimum Gasteiger partial charge on any atom is -0.489 e. The second kappa shape index (κ2) is 7.38. The highest BCUT2D eigenvalue weighted by Gasteiger charge is 2.38. The highest BCUT2D eigenvalue weighted by Crippen LogP contribution is 2.29. The maximum Gasteiger partial charge on any atom is 0.227 e. The predicted octanol–water partition coefficient (Wildman–Crippen LogP) is 1.08. The number of nitrogens with one attached hydrogen (secondary N) is 1. The Balaban J connectivity index is 1.77. The van der Waals surface area contributed by atoms with Crippen molar-refractivity contribution in [3.63, 3.8) is 0 Å². The molecule has 0 radical (unpaired) electrons. The zero-order valence-corrected chi connectivity index (χ0v) is 11.9. The standard InChI is InChI=1S/C15H21FN2O3/c16-12-3-1-2-4-13(12)21-10-7-18-14(19)15(11-17)5-8-20-9-6-15/h1-4H,5-11,17H2,(H,18,19). The van der Waals surface area contributed by atoms with Crippen LogP contribution in [0.1, 0.15) is 12.8 Å². The van der Waals surface area contributed by atoms with Gasteiger partial charge in [0.2, 0.25) is 5.91 Å². The van der Waals surface area contributed by atoms with Crippen molar-refractivity contribution in [3.8, 4) is 5.75 Å². The summed E-state index contributed by atoms with van der Waals surface area (Å²) >= 11 is 0. The molecule has 1 fully saturated rings. The third-order valence-corrected chi connectivity index (χ3v) is 3.80. The summed E-state index contributed by atoms with van der Waals surface area (Å²) in [5.74, 6) is -0.302. The molecule has 1 aromatic rings. The number of carbonyl (C=O) groups is 1. The molecule has 21 heavy (non-hydrogen) atoms. The van der Waals surface area contributed by atoms with E-state index in [1.54, 1.807) is 18.2 Å². The fourth-order valence-corrected chi connectivity index (χ4v) is 2.36. The van der Waals surface area contributed by atoms with E-state index in [-0.39, 0.29) is 18.3 Å². The van der Waals surface area contributed by atoms with Crippen LogP contribution in [0.5, 0.6) is 5.75 Å². The number of rotatable bonds is 6. The van der Waals surface area contributed by atoms with E-state index in [0.717, 1.165) is 0 Å². The van der Waals surface area contributed by atoms with E-state index in [2.05, 4.69) is 5.32 Å². The van der Waals surface area contributed by atoms with E-state index in [9.17, 15) is 9.18 Å². The molecule has 0 saturated carbocycles. The van der Waals surface area contributed by atoms with Gasteiger partial charge in [0, 0.05) is 19.8 Å². The minimum atomic E-state index is -0.545. The molecule has 1 amide bonds. The van der Waals surface area contributed by atoms with Crippen molar-refractivity contribution in [2.75, 3.05) is 32.9 Å². The SMILES string of the molecule is NCC1(C(=O)NCCOc2ccccc2F)CCOCC1. The summed E-state index contributed by atoms with van der Waals surface area (Å²) in [6.45, 7) is 1.93. The van der Waals surface area contributed by atoms with Gasteiger partial charge in [0.1, 0.15) is 6.61 Å². The van der Waals surface area contributed by atoms with Crippen LogP contribution in [0, 0.1) is 11.2 Å². The molecular weight excluding hydrogens is 275 g/mol. The van der Waals surface area contributed by atoms with E-state index in [1.807, 2.05) is 0 Å². The summed E-state index contributed by atoms with van der Waals surface area (Å²) in [4.78, 5) is 12.3. The number of hydrogen-bond donors (Lipinski definition) is 2. The van der Waals surface area contributed by atoms with Gasteiger partial charge in [-0.15, -0.1) is 0 Å². The quantitative estimate of drug-likeness (QED) is 0.770. The first kappa shape index (κ1) is 15.7. The van der Waals surface area contributed by atoms with Crippen LogP contribution in [0.3, 0.4) is 0 Å². The number of carbonyl (C=O) groups excluding carboxylic acids is 1. The van der Waals surface area contributed by atoms with Crippen molar-refractivity contribution in [1.29, 1.82) is 0 Å². The predicted molar refractivity (Wildman–Crippen MR) is 76.4 cm³/mol. The zero-order valence-electron chi connectivity index (χ0n) is 11.9. The van der Waals surface area contributed by atoms with Crippen LogP contribution in [-0.2, 0) is 9.53 Å². The van der Waals surface area contributed by atoms with E-state index < -0.39 is 11.2 Å². The van der Waals surface area contributed by atoms with Gasteiger partial charge in [0.05, 0.1) is 12.0 Å². The summed E-state index contributed by atoms with van der Waals surface area (Å²) in [6.07, 6.45) is 1.26. The lowest BCUT2D eigenvalue weighted by atomic mass is 9.79. The maximum atomic E-state index is 13.3. The fraction of sp³-hybridized carbons (Fsp3) is 0.533. The van der Waals surface area contributed by atoms with Crippen LogP contribution in [0.4, 0.5) is 4.39 Å². The molecule has 1 heterocycles. The van der Waals surface area contributed by atoms with Crippen molar-refractivity contribution >= 4 is 5.91 Å². The Bertz CT molecular complexity index is 476. The molecule has 1 saturated heterocycles. The minimum absolute atomic E-state index is 0.0783. The largest absolute Gasteiger partial charge is 0.489 e. The Morgan fingerprint density at radius 2 is 2.10 bits per heavy atom. The molecule has 0 bridgehead atoms. The number of halogens is 1. The van der Waals surface area contributed by atoms with Gasteiger partial charge in [0.15, 0.2) is 11.6 Å². The van der Waals surface area contributed by atoms with E-state index in [4.69, 9.17) is 15.2 Å². The second-order valence-corrected chi connectivity index (χ2v) is 5.13. The first-order chi connectivity index (χ1) is 10.2. The molecule has 1 aliphatic rings. The topological polar surface area (TPSA) is 73.6 Å². The van der Waals surface area contributed by atoms with Crippen molar-refractivity contribution < 1.29 is 18.7 Å². The molecule has 2 rings (SSSR count). The first-order valence-corrected chi connectivity index (χ1v) is 7.11. The molecule has 0 spiro atoms. The van der Waals surface area contributed by atoms with Crippen LogP contribution >= 0.6 is 0 Å². The van der Waals surface area contributed by atoms with Crippen LogP contribution in [0.2, 0.25) is 0 Å². The second-order valence-electron chi connectivity index (χ2n) is 5.13. The van der Waals surface area contributed by atoms with Crippen LogP contribution < -0.4 is 15.8 Å². The lowest BCUT2D eigenvalue weighted by Gasteiger charge is -2.34. The molecule has 1 aliphatic heterocycles. The van der Waals surface area contributed by atoms with Gasteiger partial charge in [-0.25, -0.2) is 4.39 Å². The molecule has 5 nitrogen and oxygen atoms in total. The molecule has 3 N–H and O–H groups in total. The number of benzene rings is 1. The summed E-state index contributed by atoms with van der Waals surface area (Å²) in [5.41, 5.74) is 5.21. The Kier molecular flexibility index (Phi) is 5.52. The first-order valence-electron chi connectivity index (χ1n) is 7.11. The monoisotopic (exact) mass is 296 g/mol. The number of ether oxygens (including phenoxy) is 2. The molecule has 0 aliphatic carbocycles. The van der Waals surface area contributed by atoms with E-state index in [1.165, 1.54) is 6.07 Å². The van der Waals surface area contributed by atoms with Gasteiger partial charge in [-0.05, 0) is 25.0 Å². The van der Waals surface area contributed by atoms with Gasteiger partial charge >= 0.3 is 0 Å². The fourth-order valence-electron chi connectivity index (χ4n) is 2.36. The summed E-state index contributed by atoms with van der Waals surface area (Å²) in [5, 5.41) is 2.81. The molecule has 1 aromatic carbocycles. The Hall–Kier alpha value is -1.66. The smallest absolute Gasteiger partial charge is 0.227 e. The summed E-state index contributed by atoms with van der Waals surface area (Å²) in [7, 11) is 0. The number of hydrogen-bond acceptors (Lipinski definition) is 4.